The summed E-state index contributed by atoms with van der Waals surface area (Å²) in [5, 5.41) is 0.604. The molecule has 0 saturated carbocycles. The first-order chi connectivity index (χ1) is 7.56. The fraction of sp³-hybridized carbons (Fsp3) is 0.429. The van der Waals surface area contributed by atoms with Gasteiger partial charge in [0.25, 0.3) is 0 Å². The molecule has 1 aliphatic rings. The predicted molar refractivity (Wildman–Crippen MR) is 75.0 cm³/mol. The normalized spacial score (nSPS) is 23.9. The molecule has 1 aliphatic heterocycles. The van der Waals surface area contributed by atoms with E-state index in [0.717, 1.165) is 0 Å². The van der Waals surface area contributed by atoms with Gasteiger partial charge in [0.2, 0.25) is 0 Å². The highest BCUT2D eigenvalue weighted by Crippen LogP contribution is 2.35. The van der Waals surface area contributed by atoms with Gasteiger partial charge in [0.05, 0.1) is 5.92 Å². The van der Waals surface area contributed by atoms with Gasteiger partial charge in [-0.2, -0.15) is 0 Å². The van der Waals surface area contributed by atoms with Crippen LogP contribution in [-0.4, -0.2) is 5.25 Å². The molecule has 0 nitrogen and oxygen atoms in total. The van der Waals surface area contributed by atoms with Crippen LogP contribution in [0.2, 0.25) is 0 Å². The summed E-state index contributed by atoms with van der Waals surface area (Å²) >= 11 is 3.76. The molecular formula is C14H16S2. The molecule has 0 fully saturated rings. The van der Waals surface area contributed by atoms with Crippen LogP contribution >= 0.6 is 23.1 Å². The van der Waals surface area contributed by atoms with Crippen LogP contribution < -0.4 is 0 Å². The van der Waals surface area contributed by atoms with Crippen LogP contribution in [0.4, 0.5) is 0 Å². The van der Waals surface area contributed by atoms with Crippen molar-refractivity contribution < 1.29 is 0 Å². The Morgan fingerprint density at radius 2 is 2.00 bits per heavy atom. The molecule has 2 rings (SSSR count). The van der Waals surface area contributed by atoms with E-state index in [0.29, 0.717) is 11.2 Å². The van der Waals surface area contributed by atoms with Crippen molar-refractivity contribution in [1.29, 1.82) is 0 Å². The van der Waals surface area contributed by atoms with Gasteiger partial charge in [-0.15, -0.1) is 23.1 Å². The standard InChI is InChI=1S/C14H16S2/c1-9-7-13(11(3)15-9)5-6-14-8-10(2)16-12(14)4/h7-8,11,13H,1-4H3. The second-order valence-corrected chi connectivity index (χ2v) is 7.31. The van der Waals surface area contributed by atoms with Crippen LogP contribution in [0.15, 0.2) is 17.0 Å². The lowest BCUT2D eigenvalue weighted by Crippen LogP contribution is -2.03. The first-order valence-electron chi connectivity index (χ1n) is 5.50. The van der Waals surface area contributed by atoms with E-state index in [4.69, 9.17) is 0 Å². The second kappa shape index (κ2) is 4.69. The van der Waals surface area contributed by atoms with E-state index in [9.17, 15) is 0 Å². The summed E-state index contributed by atoms with van der Waals surface area (Å²) in [5.74, 6) is 7.14. The van der Waals surface area contributed by atoms with Crippen molar-refractivity contribution in [3.05, 3.63) is 32.4 Å². The number of thioether (sulfide) groups is 1. The molecule has 0 aliphatic carbocycles. The quantitative estimate of drug-likeness (QED) is 0.614. The van der Waals surface area contributed by atoms with Crippen LogP contribution in [0.3, 0.4) is 0 Å². The molecule has 2 heterocycles. The topological polar surface area (TPSA) is 0 Å². The smallest absolute Gasteiger partial charge is 0.0516 e. The summed E-state index contributed by atoms with van der Waals surface area (Å²) in [5.41, 5.74) is 1.21. The minimum atomic E-state index is 0.421. The fourth-order valence-electron chi connectivity index (χ4n) is 1.87. The Balaban J connectivity index is 2.19. The van der Waals surface area contributed by atoms with E-state index in [1.54, 1.807) is 0 Å². The highest BCUT2D eigenvalue weighted by atomic mass is 32.2. The van der Waals surface area contributed by atoms with E-state index in [-0.39, 0.29) is 0 Å². The lowest BCUT2D eigenvalue weighted by Gasteiger charge is -2.05. The molecule has 1 aromatic rings. The highest BCUT2D eigenvalue weighted by molar-refractivity contribution is 8.03. The summed E-state index contributed by atoms with van der Waals surface area (Å²) in [6.45, 7) is 8.71. The lowest BCUT2D eigenvalue weighted by atomic mass is 10.1. The third-order valence-electron chi connectivity index (χ3n) is 2.71. The molecule has 0 bridgehead atoms. The van der Waals surface area contributed by atoms with Crippen molar-refractivity contribution >= 4 is 23.1 Å². The summed E-state index contributed by atoms with van der Waals surface area (Å²) in [4.78, 5) is 4.09. The highest BCUT2D eigenvalue weighted by Gasteiger charge is 2.20. The van der Waals surface area contributed by atoms with Crippen molar-refractivity contribution in [2.24, 2.45) is 5.92 Å². The van der Waals surface area contributed by atoms with Crippen molar-refractivity contribution in [3.8, 4) is 11.8 Å². The molecule has 84 valence electrons. The molecule has 0 aromatic carbocycles. The Labute approximate surface area is 106 Å². The van der Waals surface area contributed by atoms with Crippen LogP contribution in [0.1, 0.15) is 29.2 Å². The monoisotopic (exact) mass is 248 g/mol. The molecule has 16 heavy (non-hydrogen) atoms. The van der Waals surface area contributed by atoms with Gasteiger partial charge in [0.15, 0.2) is 0 Å². The third-order valence-corrected chi connectivity index (χ3v) is 4.85. The molecule has 2 heteroatoms. The average Bonchev–Trinajstić information content (AvgIpc) is 2.66. The van der Waals surface area contributed by atoms with Gasteiger partial charge < -0.3 is 0 Å². The minimum Gasteiger partial charge on any atom is -0.145 e. The Morgan fingerprint density at radius 1 is 1.25 bits per heavy atom. The molecule has 1 aromatic heterocycles. The Hall–Kier alpha value is -0.650. The van der Waals surface area contributed by atoms with Gasteiger partial charge in [0, 0.05) is 20.6 Å². The SMILES string of the molecule is CC1=CC(C#Cc2cc(C)sc2C)C(C)S1. The molecule has 0 N–H and O–H groups in total. The summed E-state index contributed by atoms with van der Waals surface area (Å²) < 4.78 is 0. The largest absolute Gasteiger partial charge is 0.145 e. The molecule has 2 unspecified atom stereocenters. The molecule has 0 amide bonds. The van der Waals surface area contributed by atoms with E-state index in [1.807, 2.05) is 23.1 Å². The Morgan fingerprint density at radius 3 is 2.50 bits per heavy atom. The Kier molecular flexibility index (Phi) is 3.47. The minimum absolute atomic E-state index is 0.421. The number of hydrogen-bond acceptors (Lipinski definition) is 2. The maximum atomic E-state index is 3.39. The van der Waals surface area contributed by atoms with Gasteiger partial charge in [-0.3, -0.25) is 0 Å². The van der Waals surface area contributed by atoms with Crippen LogP contribution in [0.25, 0.3) is 0 Å². The number of hydrogen-bond donors (Lipinski definition) is 0. The average molecular weight is 248 g/mol. The van der Waals surface area contributed by atoms with E-state index >= 15 is 0 Å². The molecule has 0 saturated heterocycles. The van der Waals surface area contributed by atoms with Crippen molar-refractivity contribution in [1.82, 2.24) is 0 Å². The number of aryl methyl sites for hydroxylation is 2. The fourth-order valence-corrected chi connectivity index (χ4v) is 3.85. The van der Waals surface area contributed by atoms with E-state index in [1.165, 1.54) is 20.2 Å². The van der Waals surface area contributed by atoms with E-state index in [2.05, 4.69) is 51.7 Å². The Bertz CT molecular complexity index is 483. The summed E-state index contributed by atoms with van der Waals surface area (Å²) in [6, 6.07) is 2.19. The summed E-state index contributed by atoms with van der Waals surface area (Å²) in [7, 11) is 0. The van der Waals surface area contributed by atoms with Gasteiger partial charge in [0.1, 0.15) is 0 Å². The van der Waals surface area contributed by atoms with Gasteiger partial charge in [-0.25, -0.2) is 0 Å². The first-order valence-corrected chi connectivity index (χ1v) is 7.19. The van der Waals surface area contributed by atoms with Crippen molar-refractivity contribution in [2.45, 2.75) is 32.9 Å². The first kappa shape index (κ1) is 11.8. The molecule has 0 spiro atoms. The van der Waals surface area contributed by atoms with Crippen LogP contribution in [0.5, 0.6) is 0 Å². The lowest BCUT2D eigenvalue weighted by molar-refractivity contribution is 0.836. The maximum absolute atomic E-state index is 3.39. The van der Waals surface area contributed by atoms with Crippen molar-refractivity contribution in [2.75, 3.05) is 0 Å². The zero-order chi connectivity index (χ0) is 11.7. The number of rotatable bonds is 0. The van der Waals surface area contributed by atoms with Gasteiger partial charge in [-0.1, -0.05) is 24.8 Å². The summed E-state index contributed by atoms with van der Waals surface area (Å²) in [6.07, 6.45) is 2.29. The van der Waals surface area contributed by atoms with Crippen LogP contribution in [0, 0.1) is 31.6 Å². The van der Waals surface area contributed by atoms with Crippen molar-refractivity contribution in [3.63, 3.8) is 0 Å². The maximum Gasteiger partial charge on any atom is 0.0516 e. The number of thiophene rings is 1. The van der Waals surface area contributed by atoms with E-state index < -0.39 is 0 Å². The molecule has 2 atom stereocenters. The molecular weight excluding hydrogens is 232 g/mol. The number of allylic oxidation sites excluding steroid dienone is 2. The third kappa shape index (κ3) is 2.53. The zero-order valence-corrected chi connectivity index (χ0v) is 11.8. The zero-order valence-electron chi connectivity index (χ0n) is 10.1. The van der Waals surface area contributed by atoms with Gasteiger partial charge >= 0.3 is 0 Å². The predicted octanol–water partition coefficient (Wildman–Crippen LogP) is 4.37. The second-order valence-electron chi connectivity index (χ2n) is 4.22. The van der Waals surface area contributed by atoms with Gasteiger partial charge in [-0.05, 0) is 31.7 Å². The van der Waals surface area contributed by atoms with Crippen LogP contribution in [-0.2, 0) is 0 Å². The molecule has 0 radical (unpaired) electrons.